The molecule has 0 aliphatic carbocycles. The predicted octanol–water partition coefficient (Wildman–Crippen LogP) is 3.77. The summed E-state index contributed by atoms with van der Waals surface area (Å²) < 4.78 is 6.08. The van der Waals surface area contributed by atoms with E-state index < -0.39 is 0 Å². The molecule has 0 saturated heterocycles. The predicted molar refractivity (Wildman–Crippen MR) is 73.0 cm³/mol. The molecule has 1 aromatic heterocycles. The Bertz CT molecular complexity index is 525. The number of ether oxygens (including phenoxy) is 1. The van der Waals surface area contributed by atoms with Crippen molar-refractivity contribution in [3.8, 4) is 5.75 Å². The summed E-state index contributed by atoms with van der Waals surface area (Å²) in [5.41, 5.74) is 0.653. The number of rotatable bonds is 3. The highest BCUT2D eigenvalue weighted by molar-refractivity contribution is 9.10. The van der Waals surface area contributed by atoms with Gasteiger partial charge in [-0.05, 0) is 29.6 Å². The number of anilines is 1. The minimum absolute atomic E-state index is 0.128. The van der Waals surface area contributed by atoms with Crippen molar-refractivity contribution >= 4 is 38.9 Å². The van der Waals surface area contributed by atoms with Crippen molar-refractivity contribution in [2.45, 2.75) is 0 Å². The Labute approximate surface area is 112 Å². The second-order valence-electron chi connectivity index (χ2n) is 3.28. The zero-order chi connectivity index (χ0) is 12.3. The molecule has 1 N–H and O–H groups in total. The Hall–Kier alpha value is -1.33. The number of carbonyl (C=O) groups is 1. The first-order valence-electron chi connectivity index (χ1n) is 4.89. The van der Waals surface area contributed by atoms with Gasteiger partial charge in [-0.25, -0.2) is 0 Å². The molecule has 17 heavy (non-hydrogen) atoms. The van der Waals surface area contributed by atoms with E-state index in [2.05, 4.69) is 21.2 Å². The van der Waals surface area contributed by atoms with Gasteiger partial charge in [-0.1, -0.05) is 22.0 Å². The molecule has 0 fully saturated rings. The van der Waals surface area contributed by atoms with Gasteiger partial charge in [0.2, 0.25) is 0 Å². The summed E-state index contributed by atoms with van der Waals surface area (Å²) in [6, 6.07) is 9.10. The molecule has 0 aliphatic rings. The van der Waals surface area contributed by atoms with E-state index in [1.54, 1.807) is 19.2 Å². The number of nitrogens with one attached hydrogen (secondary N) is 1. The van der Waals surface area contributed by atoms with E-state index in [0.29, 0.717) is 16.3 Å². The van der Waals surface area contributed by atoms with Gasteiger partial charge < -0.3 is 10.1 Å². The van der Waals surface area contributed by atoms with Gasteiger partial charge in [0.05, 0.1) is 17.7 Å². The lowest BCUT2D eigenvalue weighted by molar-refractivity contribution is 0.103. The van der Waals surface area contributed by atoms with E-state index in [-0.39, 0.29) is 5.91 Å². The van der Waals surface area contributed by atoms with Crippen LogP contribution in [-0.4, -0.2) is 13.0 Å². The van der Waals surface area contributed by atoms with E-state index >= 15 is 0 Å². The monoisotopic (exact) mass is 311 g/mol. The van der Waals surface area contributed by atoms with Crippen molar-refractivity contribution < 1.29 is 9.53 Å². The summed E-state index contributed by atoms with van der Waals surface area (Å²) in [6.07, 6.45) is 0. The SMILES string of the molecule is COc1ccc(Br)cc1NC(=O)c1cccs1. The molecule has 0 saturated carbocycles. The number of methoxy groups -OCH3 is 1. The summed E-state index contributed by atoms with van der Waals surface area (Å²) in [5.74, 6) is 0.509. The van der Waals surface area contributed by atoms with Crippen LogP contribution in [0.25, 0.3) is 0 Å². The Kier molecular flexibility index (Phi) is 3.81. The van der Waals surface area contributed by atoms with Crippen LogP contribution in [-0.2, 0) is 0 Å². The fraction of sp³-hybridized carbons (Fsp3) is 0.0833. The molecule has 2 rings (SSSR count). The maximum absolute atomic E-state index is 11.9. The first kappa shape index (κ1) is 12.1. The van der Waals surface area contributed by atoms with Crippen LogP contribution in [0.15, 0.2) is 40.2 Å². The van der Waals surface area contributed by atoms with Gasteiger partial charge in [0.1, 0.15) is 5.75 Å². The highest BCUT2D eigenvalue weighted by atomic mass is 79.9. The molecule has 0 radical (unpaired) electrons. The normalized spacial score (nSPS) is 10.0. The minimum Gasteiger partial charge on any atom is -0.495 e. The van der Waals surface area contributed by atoms with Gasteiger partial charge in [0.25, 0.3) is 5.91 Å². The van der Waals surface area contributed by atoms with E-state index in [4.69, 9.17) is 4.74 Å². The number of benzene rings is 1. The third kappa shape index (κ3) is 2.87. The average Bonchev–Trinajstić information content (AvgIpc) is 2.83. The van der Waals surface area contributed by atoms with E-state index in [1.807, 2.05) is 23.6 Å². The molecule has 1 amide bonds. The highest BCUT2D eigenvalue weighted by Gasteiger charge is 2.10. The van der Waals surface area contributed by atoms with Crippen LogP contribution < -0.4 is 10.1 Å². The molecule has 1 heterocycles. The van der Waals surface area contributed by atoms with Crippen molar-refractivity contribution in [3.63, 3.8) is 0 Å². The van der Waals surface area contributed by atoms with Crippen LogP contribution in [0.2, 0.25) is 0 Å². The van der Waals surface area contributed by atoms with Crippen LogP contribution in [0, 0.1) is 0 Å². The zero-order valence-corrected chi connectivity index (χ0v) is 11.5. The quantitative estimate of drug-likeness (QED) is 0.937. The summed E-state index contributed by atoms with van der Waals surface area (Å²) in [5, 5.41) is 4.69. The second kappa shape index (κ2) is 5.33. The number of halogens is 1. The molecular formula is C12H10BrNO2S. The summed E-state index contributed by atoms with van der Waals surface area (Å²) in [6.45, 7) is 0. The number of amides is 1. The molecule has 0 unspecified atom stereocenters. The maximum atomic E-state index is 11.9. The smallest absolute Gasteiger partial charge is 0.265 e. The van der Waals surface area contributed by atoms with Crippen molar-refractivity contribution in [2.75, 3.05) is 12.4 Å². The second-order valence-corrected chi connectivity index (χ2v) is 5.14. The largest absolute Gasteiger partial charge is 0.495 e. The standard InChI is InChI=1S/C12H10BrNO2S/c1-16-10-5-4-8(13)7-9(10)14-12(15)11-3-2-6-17-11/h2-7H,1H3,(H,14,15). The molecular weight excluding hydrogens is 302 g/mol. The number of hydrogen-bond acceptors (Lipinski definition) is 3. The fourth-order valence-electron chi connectivity index (χ4n) is 1.37. The first-order valence-corrected chi connectivity index (χ1v) is 6.56. The Balaban J connectivity index is 2.23. The van der Waals surface area contributed by atoms with Gasteiger partial charge in [-0.2, -0.15) is 0 Å². The van der Waals surface area contributed by atoms with E-state index in [0.717, 1.165) is 4.47 Å². The summed E-state index contributed by atoms with van der Waals surface area (Å²) in [7, 11) is 1.57. The number of hydrogen-bond donors (Lipinski definition) is 1. The lowest BCUT2D eigenvalue weighted by Gasteiger charge is -2.09. The molecule has 2 aromatic rings. The molecule has 3 nitrogen and oxygen atoms in total. The number of thiophene rings is 1. The molecule has 88 valence electrons. The van der Waals surface area contributed by atoms with Gasteiger partial charge in [-0.3, -0.25) is 4.79 Å². The third-order valence-corrected chi connectivity index (χ3v) is 3.52. The third-order valence-electron chi connectivity index (χ3n) is 2.15. The maximum Gasteiger partial charge on any atom is 0.265 e. The van der Waals surface area contributed by atoms with Crippen LogP contribution in [0.4, 0.5) is 5.69 Å². The van der Waals surface area contributed by atoms with Crippen molar-refractivity contribution in [3.05, 3.63) is 45.1 Å². The van der Waals surface area contributed by atoms with Gasteiger partial charge in [0, 0.05) is 4.47 Å². The van der Waals surface area contributed by atoms with Crippen molar-refractivity contribution in [1.29, 1.82) is 0 Å². The fourth-order valence-corrected chi connectivity index (χ4v) is 2.35. The van der Waals surface area contributed by atoms with Crippen LogP contribution >= 0.6 is 27.3 Å². The molecule has 5 heteroatoms. The zero-order valence-electron chi connectivity index (χ0n) is 9.07. The van der Waals surface area contributed by atoms with Gasteiger partial charge in [0.15, 0.2) is 0 Å². The molecule has 1 aromatic carbocycles. The Morgan fingerprint density at radius 1 is 1.41 bits per heavy atom. The molecule has 0 aliphatic heterocycles. The molecule has 0 spiro atoms. The Morgan fingerprint density at radius 2 is 2.24 bits per heavy atom. The molecule has 0 atom stereocenters. The average molecular weight is 312 g/mol. The van der Waals surface area contributed by atoms with Crippen molar-refractivity contribution in [2.24, 2.45) is 0 Å². The summed E-state index contributed by atoms with van der Waals surface area (Å²) in [4.78, 5) is 12.6. The van der Waals surface area contributed by atoms with Crippen LogP contribution in [0.1, 0.15) is 9.67 Å². The minimum atomic E-state index is -0.128. The van der Waals surface area contributed by atoms with Crippen LogP contribution in [0.3, 0.4) is 0 Å². The van der Waals surface area contributed by atoms with Gasteiger partial charge >= 0.3 is 0 Å². The highest BCUT2D eigenvalue weighted by Crippen LogP contribution is 2.28. The summed E-state index contributed by atoms with van der Waals surface area (Å²) >= 11 is 4.76. The molecule has 0 bridgehead atoms. The lowest BCUT2D eigenvalue weighted by atomic mass is 10.3. The Morgan fingerprint density at radius 3 is 2.88 bits per heavy atom. The van der Waals surface area contributed by atoms with E-state index in [1.165, 1.54) is 11.3 Å². The van der Waals surface area contributed by atoms with Crippen molar-refractivity contribution in [1.82, 2.24) is 0 Å². The first-order chi connectivity index (χ1) is 8.20. The van der Waals surface area contributed by atoms with Gasteiger partial charge in [-0.15, -0.1) is 11.3 Å². The van der Waals surface area contributed by atoms with Crippen LogP contribution in [0.5, 0.6) is 5.75 Å². The van der Waals surface area contributed by atoms with E-state index in [9.17, 15) is 4.79 Å². The number of carbonyl (C=O) groups excluding carboxylic acids is 1. The topological polar surface area (TPSA) is 38.3 Å². The lowest BCUT2D eigenvalue weighted by Crippen LogP contribution is -2.10.